The summed E-state index contributed by atoms with van der Waals surface area (Å²) in [5, 5.41) is 1.87. The summed E-state index contributed by atoms with van der Waals surface area (Å²) in [5.41, 5.74) is 0. The first-order valence-electron chi connectivity index (χ1n) is 4.28. The maximum absolute atomic E-state index is 11.8. The zero-order chi connectivity index (χ0) is 11.2. The Balaban J connectivity index is 4.08. The molecule has 0 aliphatic carbocycles. The largest absolute Gasteiger partial charge is 0.471 e. The van der Waals surface area contributed by atoms with Crippen molar-refractivity contribution in [2.45, 2.75) is 32.0 Å². The maximum atomic E-state index is 11.8. The van der Waals surface area contributed by atoms with Crippen LogP contribution in [0, 0.1) is 0 Å². The van der Waals surface area contributed by atoms with Crippen LogP contribution < -0.4 is 5.32 Å². The molecule has 0 heterocycles. The molecule has 6 heteroatoms. The summed E-state index contributed by atoms with van der Waals surface area (Å²) in [4.78, 5) is 10.5. The van der Waals surface area contributed by atoms with Crippen LogP contribution in [-0.2, 0) is 9.53 Å². The first-order chi connectivity index (χ1) is 6.41. The molecule has 1 amide bonds. The molecule has 0 aromatic carbocycles. The summed E-state index contributed by atoms with van der Waals surface area (Å²) in [6, 6.07) is -0.570. The number of hydrogen-bond donors (Lipinski definition) is 1. The lowest BCUT2D eigenvalue weighted by Gasteiger charge is -2.17. The van der Waals surface area contributed by atoms with Gasteiger partial charge in [0.2, 0.25) is 0 Å². The van der Waals surface area contributed by atoms with Gasteiger partial charge in [-0.05, 0) is 6.42 Å². The average molecular weight is 213 g/mol. The van der Waals surface area contributed by atoms with Gasteiger partial charge in [-0.2, -0.15) is 13.2 Å². The van der Waals surface area contributed by atoms with E-state index in [4.69, 9.17) is 0 Å². The Morgan fingerprint density at radius 2 is 2.07 bits per heavy atom. The van der Waals surface area contributed by atoms with Crippen LogP contribution in [0.1, 0.15) is 19.8 Å². The molecule has 1 atom stereocenters. The maximum Gasteiger partial charge on any atom is 0.471 e. The van der Waals surface area contributed by atoms with E-state index in [1.165, 1.54) is 7.11 Å². The monoisotopic (exact) mass is 213 g/mol. The number of methoxy groups -OCH3 is 1. The highest BCUT2D eigenvalue weighted by Gasteiger charge is 2.39. The van der Waals surface area contributed by atoms with E-state index in [0.717, 1.165) is 0 Å². The Morgan fingerprint density at radius 1 is 1.50 bits per heavy atom. The Hall–Kier alpha value is -0.780. The Bertz CT molecular complexity index is 176. The number of rotatable bonds is 5. The van der Waals surface area contributed by atoms with Crippen molar-refractivity contribution in [3.05, 3.63) is 0 Å². The summed E-state index contributed by atoms with van der Waals surface area (Å²) in [6.07, 6.45) is -3.67. The van der Waals surface area contributed by atoms with Gasteiger partial charge in [-0.3, -0.25) is 4.79 Å². The van der Waals surface area contributed by atoms with Crippen LogP contribution in [0.4, 0.5) is 13.2 Å². The summed E-state index contributed by atoms with van der Waals surface area (Å²) < 4.78 is 40.2. The van der Waals surface area contributed by atoms with Gasteiger partial charge in [0, 0.05) is 7.11 Å². The van der Waals surface area contributed by atoms with Gasteiger partial charge in [-0.1, -0.05) is 13.3 Å². The van der Waals surface area contributed by atoms with Crippen LogP contribution in [0.25, 0.3) is 0 Å². The molecule has 0 saturated heterocycles. The van der Waals surface area contributed by atoms with Gasteiger partial charge < -0.3 is 10.1 Å². The third-order valence-corrected chi connectivity index (χ3v) is 1.60. The van der Waals surface area contributed by atoms with E-state index in [-0.39, 0.29) is 6.61 Å². The van der Waals surface area contributed by atoms with E-state index in [1.807, 2.05) is 12.2 Å². The third-order valence-electron chi connectivity index (χ3n) is 1.60. The highest BCUT2D eigenvalue weighted by atomic mass is 19.4. The average Bonchev–Trinajstić information content (AvgIpc) is 2.03. The minimum Gasteiger partial charge on any atom is -0.383 e. The second-order valence-electron chi connectivity index (χ2n) is 2.91. The molecule has 0 radical (unpaired) electrons. The minimum atomic E-state index is -4.82. The molecule has 0 saturated carbocycles. The van der Waals surface area contributed by atoms with Crippen molar-refractivity contribution in [3.63, 3.8) is 0 Å². The van der Waals surface area contributed by atoms with Gasteiger partial charge in [0.25, 0.3) is 0 Å². The number of alkyl halides is 3. The highest BCUT2D eigenvalue weighted by Crippen LogP contribution is 2.15. The number of hydrogen-bond acceptors (Lipinski definition) is 2. The molecule has 84 valence electrons. The van der Waals surface area contributed by atoms with Crippen LogP contribution in [0.5, 0.6) is 0 Å². The second kappa shape index (κ2) is 5.85. The van der Waals surface area contributed by atoms with Gasteiger partial charge in [-0.25, -0.2) is 0 Å². The minimum absolute atomic E-state index is 0.0929. The van der Waals surface area contributed by atoms with Crippen LogP contribution >= 0.6 is 0 Å². The molecular weight excluding hydrogens is 199 g/mol. The summed E-state index contributed by atoms with van der Waals surface area (Å²) in [5.74, 6) is -1.91. The third kappa shape index (κ3) is 5.06. The predicted molar refractivity (Wildman–Crippen MR) is 44.8 cm³/mol. The van der Waals surface area contributed by atoms with Crippen molar-refractivity contribution in [1.29, 1.82) is 0 Å². The van der Waals surface area contributed by atoms with E-state index >= 15 is 0 Å². The predicted octanol–water partition coefficient (Wildman–Crippen LogP) is 1.48. The summed E-state index contributed by atoms with van der Waals surface area (Å²) in [7, 11) is 1.38. The molecule has 0 rings (SSSR count). The van der Waals surface area contributed by atoms with Crippen molar-refractivity contribution < 1.29 is 22.7 Å². The van der Waals surface area contributed by atoms with Crippen molar-refractivity contribution in [2.75, 3.05) is 13.7 Å². The lowest BCUT2D eigenvalue weighted by atomic mass is 10.2. The van der Waals surface area contributed by atoms with Crippen molar-refractivity contribution in [2.24, 2.45) is 0 Å². The van der Waals surface area contributed by atoms with E-state index in [1.54, 1.807) is 0 Å². The SMILES string of the molecule is CCCC(COC)NC(=O)C(F)(F)F. The molecule has 0 spiro atoms. The molecule has 0 bridgehead atoms. The Labute approximate surface area is 80.6 Å². The van der Waals surface area contributed by atoms with Crippen LogP contribution in [0.2, 0.25) is 0 Å². The molecule has 14 heavy (non-hydrogen) atoms. The molecule has 1 unspecified atom stereocenters. The fourth-order valence-corrected chi connectivity index (χ4v) is 1.01. The lowest BCUT2D eigenvalue weighted by Crippen LogP contribution is -2.45. The number of carbonyl (C=O) groups excluding carboxylic acids is 1. The number of carbonyl (C=O) groups is 1. The fourth-order valence-electron chi connectivity index (χ4n) is 1.01. The molecule has 0 fully saturated rings. The number of ether oxygens (including phenoxy) is 1. The zero-order valence-corrected chi connectivity index (χ0v) is 8.15. The molecular formula is C8H14F3NO2. The zero-order valence-electron chi connectivity index (χ0n) is 8.15. The van der Waals surface area contributed by atoms with Gasteiger partial charge >= 0.3 is 12.1 Å². The Kier molecular flexibility index (Phi) is 5.52. The number of amides is 1. The standard InChI is InChI=1S/C8H14F3NO2/c1-3-4-6(5-14-2)12-7(13)8(9,10)11/h6H,3-5H2,1-2H3,(H,12,13). The van der Waals surface area contributed by atoms with Gasteiger partial charge in [-0.15, -0.1) is 0 Å². The summed E-state index contributed by atoms with van der Waals surface area (Å²) in [6.45, 7) is 1.91. The van der Waals surface area contributed by atoms with Crippen LogP contribution in [0.3, 0.4) is 0 Å². The molecule has 0 aliphatic heterocycles. The molecule has 3 nitrogen and oxygen atoms in total. The van der Waals surface area contributed by atoms with E-state index in [9.17, 15) is 18.0 Å². The molecule has 0 aliphatic rings. The first kappa shape index (κ1) is 13.2. The fraction of sp³-hybridized carbons (Fsp3) is 0.875. The quantitative estimate of drug-likeness (QED) is 0.751. The summed E-state index contributed by atoms with van der Waals surface area (Å²) >= 11 is 0. The van der Waals surface area contributed by atoms with Gasteiger partial charge in [0.15, 0.2) is 0 Å². The molecule has 1 N–H and O–H groups in total. The topological polar surface area (TPSA) is 38.3 Å². The number of nitrogens with one attached hydrogen (secondary N) is 1. The van der Waals surface area contributed by atoms with Crippen LogP contribution in [0.15, 0.2) is 0 Å². The van der Waals surface area contributed by atoms with Crippen molar-refractivity contribution in [3.8, 4) is 0 Å². The van der Waals surface area contributed by atoms with Gasteiger partial charge in [0.05, 0.1) is 12.6 Å². The Morgan fingerprint density at radius 3 is 2.43 bits per heavy atom. The van der Waals surface area contributed by atoms with Crippen molar-refractivity contribution >= 4 is 5.91 Å². The first-order valence-corrected chi connectivity index (χ1v) is 4.28. The smallest absolute Gasteiger partial charge is 0.383 e. The van der Waals surface area contributed by atoms with Gasteiger partial charge in [0.1, 0.15) is 0 Å². The van der Waals surface area contributed by atoms with Crippen molar-refractivity contribution in [1.82, 2.24) is 5.32 Å². The second-order valence-corrected chi connectivity index (χ2v) is 2.91. The van der Waals surface area contributed by atoms with Crippen LogP contribution in [-0.4, -0.2) is 31.8 Å². The van der Waals surface area contributed by atoms with E-state index in [2.05, 4.69) is 4.74 Å². The molecule has 0 aromatic rings. The lowest BCUT2D eigenvalue weighted by molar-refractivity contribution is -0.174. The highest BCUT2D eigenvalue weighted by molar-refractivity contribution is 5.81. The van der Waals surface area contributed by atoms with E-state index in [0.29, 0.717) is 12.8 Å². The molecule has 0 aromatic heterocycles. The number of halogens is 3. The van der Waals surface area contributed by atoms with E-state index < -0.39 is 18.1 Å². The normalized spacial score (nSPS) is 13.8.